The van der Waals surface area contributed by atoms with Crippen LogP contribution >= 0.6 is 0 Å². The van der Waals surface area contributed by atoms with Crippen molar-refractivity contribution in [2.45, 2.75) is 31.8 Å². The van der Waals surface area contributed by atoms with Crippen molar-refractivity contribution < 1.29 is 17.9 Å². The molecular weight excluding hydrogens is 290 g/mol. The molecule has 5 nitrogen and oxygen atoms in total. The average Bonchev–Trinajstić information content (AvgIpc) is 2.76. The van der Waals surface area contributed by atoms with E-state index in [0.717, 1.165) is 5.56 Å². The number of carbonyl (C=O) groups is 1. The largest absolute Gasteiger partial charge is 0.438 e. The van der Waals surface area contributed by atoms with Gasteiger partial charge in [0.2, 0.25) is 0 Å². The first-order chi connectivity index (χ1) is 9.78. The second kappa shape index (κ2) is 5.39. The fraction of sp³-hybridized carbons (Fsp3) is 0.333. The molecule has 1 aromatic rings. The lowest BCUT2D eigenvalue weighted by Gasteiger charge is -2.16. The number of rotatable bonds is 3. The third-order valence-electron chi connectivity index (χ3n) is 3.23. The number of carbonyl (C=O) groups excluding carboxylic acids is 1. The monoisotopic (exact) mass is 307 g/mol. The Hall–Kier alpha value is -2.04. The Morgan fingerprint density at radius 2 is 1.86 bits per heavy atom. The standard InChI is InChI=1S/C15H17NO4S/c1-5-13-14(10(2)3)20-15(17)16(13)21(18,19)12-8-6-11(4)7-9-12/h6-10,14H,1H2,2-4H3. The molecule has 1 aliphatic heterocycles. The van der Waals surface area contributed by atoms with Crippen molar-refractivity contribution in [2.75, 3.05) is 0 Å². The number of amides is 1. The number of hydrogen-bond donors (Lipinski definition) is 0. The first-order valence-electron chi connectivity index (χ1n) is 6.51. The first kappa shape index (κ1) is 15.4. The van der Waals surface area contributed by atoms with E-state index in [-0.39, 0.29) is 16.5 Å². The molecule has 1 heterocycles. The fourth-order valence-electron chi connectivity index (χ4n) is 2.09. The molecule has 1 aliphatic rings. The van der Waals surface area contributed by atoms with Crippen LogP contribution < -0.4 is 0 Å². The highest BCUT2D eigenvalue weighted by atomic mass is 32.2. The van der Waals surface area contributed by atoms with Crippen LogP contribution in [0, 0.1) is 12.8 Å². The Morgan fingerprint density at radius 3 is 2.33 bits per heavy atom. The van der Waals surface area contributed by atoms with Gasteiger partial charge in [0.05, 0.1) is 4.90 Å². The predicted octanol–water partition coefficient (Wildman–Crippen LogP) is 2.83. The lowest BCUT2D eigenvalue weighted by atomic mass is 10.1. The van der Waals surface area contributed by atoms with Gasteiger partial charge in [0.25, 0.3) is 10.0 Å². The molecule has 1 atom stereocenters. The average molecular weight is 307 g/mol. The quantitative estimate of drug-likeness (QED) is 0.806. The number of aryl methyl sites for hydroxylation is 1. The SMILES string of the molecule is C=C=C1C(C(C)C)OC(=O)N1S(=O)(=O)c1ccc(C)cc1. The molecule has 1 amide bonds. The van der Waals surface area contributed by atoms with Crippen molar-refractivity contribution in [2.24, 2.45) is 5.92 Å². The highest BCUT2D eigenvalue weighted by Crippen LogP contribution is 2.32. The van der Waals surface area contributed by atoms with E-state index in [1.54, 1.807) is 12.1 Å². The summed E-state index contributed by atoms with van der Waals surface area (Å²) in [5, 5.41) is 0. The van der Waals surface area contributed by atoms with E-state index in [2.05, 4.69) is 12.3 Å². The van der Waals surface area contributed by atoms with Crippen LogP contribution in [0.3, 0.4) is 0 Å². The van der Waals surface area contributed by atoms with Crippen molar-refractivity contribution in [3.8, 4) is 0 Å². The number of benzene rings is 1. The zero-order valence-electron chi connectivity index (χ0n) is 12.2. The zero-order chi connectivity index (χ0) is 15.8. The van der Waals surface area contributed by atoms with Crippen LogP contribution in [-0.4, -0.2) is 24.9 Å². The molecule has 0 N–H and O–H groups in total. The second-order valence-electron chi connectivity index (χ2n) is 5.19. The molecule has 0 aliphatic carbocycles. The van der Waals surface area contributed by atoms with Gasteiger partial charge in [-0.05, 0) is 25.0 Å². The van der Waals surface area contributed by atoms with Crippen molar-refractivity contribution in [1.82, 2.24) is 4.31 Å². The summed E-state index contributed by atoms with van der Waals surface area (Å²) in [6.45, 7) is 8.99. The van der Waals surface area contributed by atoms with Gasteiger partial charge in [-0.2, -0.15) is 4.31 Å². The summed E-state index contributed by atoms with van der Waals surface area (Å²) in [5.74, 6) is -0.0728. The van der Waals surface area contributed by atoms with E-state index in [1.807, 2.05) is 20.8 Å². The van der Waals surface area contributed by atoms with Gasteiger partial charge in [0.15, 0.2) is 6.10 Å². The van der Waals surface area contributed by atoms with Crippen LogP contribution in [0.2, 0.25) is 0 Å². The Bertz CT molecular complexity index is 713. The van der Waals surface area contributed by atoms with Crippen molar-refractivity contribution in [3.05, 3.63) is 47.8 Å². The Labute approximate surface area is 124 Å². The van der Waals surface area contributed by atoms with Crippen molar-refractivity contribution in [1.29, 1.82) is 0 Å². The number of sulfonamides is 1. The third kappa shape index (κ3) is 2.60. The number of hydrogen-bond acceptors (Lipinski definition) is 4. The van der Waals surface area contributed by atoms with Gasteiger partial charge in [-0.15, -0.1) is 5.73 Å². The molecule has 1 aromatic carbocycles. The smallest absolute Gasteiger partial charge is 0.429 e. The van der Waals surface area contributed by atoms with Gasteiger partial charge in [0, 0.05) is 0 Å². The molecule has 112 valence electrons. The summed E-state index contributed by atoms with van der Waals surface area (Å²) in [7, 11) is -4.01. The maximum atomic E-state index is 12.6. The summed E-state index contributed by atoms with van der Waals surface area (Å²) in [5.41, 5.74) is 3.59. The molecule has 0 spiro atoms. The molecule has 1 unspecified atom stereocenters. The van der Waals surface area contributed by atoms with Crippen LogP contribution in [0.25, 0.3) is 0 Å². The van der Waals surface area contributed by atoms with E-state index < -0.39 is 22.2 Å². The summed E-state index contributed by atoms with van der Waals surface area (Å²) < 4.78 is 31.0. The molecule has 2 rings (SSSR count). The van der Waals surface area contributed by atoms with Crippen LogP contribution in [0.15, 0.2) is 47.2 Å². The number of ether oxygens (including phenoxy) is 1. The van der Waals surface area contributed by atoms with Gasteiger partial charge in [-0.25, -0.2) is 13.2 Å². The fourth-order valence-corrected chi connectivity index (χ4v) is 3.45. The second-order valence-corrected chi connectivity index (χ2v) is 6.98. The summed E-state index contributed by atoms with van der Waals surface area (Å²) >= 11 is 0. The molecular formula is C15H17NO4S. The van der Waals surface area contributed by atoms with Gasteiger partial charge in [0.1, 0.15) is 5.70 Å². The number of nitrogens with zero attached hydrogens (tertiary/aromatic N) is 1. The van der Waals surface area contributed by atoms with Gasteiger partial charge in [-0.1, -0.05) is 38.1 Å². The Balaban J connectivity index is 2.51. The molecule has 0 saturated carbocycles. The highest BCUT2D eigenvalue weighted by Gasteiger charge is 2.46. The lowest BCUT2D eigenvalue weighted by Crippen LogP contribution is -2.31. The first-order valence-corrected chi connectivity index (χ1v) is 7.95. The molecule has 0 aromatic heterocycles. The maximum absolute atomic E-state index is 12.6. The van der Waals surface area contributed by atoms with Crippen LogP contribution in [-0.2, 0) is 14.8 Å². The minimum absolute atomic E-state index is 0.0298. The van der Waals surface area contributed by atoms with Gasteiger partial charge >= 0.3 is 6.09 Å². The summed E-state index contributed by atoms with van der Waals surface area (Å²) in [6.07, 6.45) is -1.57. The minimum atomic E-state index is -4.01. The zero-order valence-corrected chi connectivity index (χ0v) is 13.0. The van der Waals surface area contributed by atoms with Gasteiger partial charge < -0.3 is 4.74 Å². The van der Waals surface area contributed by atoms with E-state index in [0.29, 0.717) is 4.31 Å². The van der Waals surface area contributed by atoms with Crippen molar-refractivity contribution >= 4 is 16.1 Å². The topological polar surface area (TPSA) is 63.7 Å². The predicted molar refractivity (Wildman–Crippen MR) is 78.0 cm³/mol. The van der Waals surface area contributed by atoms with Crippen molar-refractivity contribution in [3.63, 3.8) is 0 Å². The third-order valence-corrected chi connectivity index (χ3v) is 4.92. The van der Waals surface area contributed by atoms with Gasteiger partial charge in [-0.3, -0.25) is 0 Å². The van der Waals surface area contributed by atoms with Crippen LogP contribution in [0.4, 0.5) is 4.79 Å². The summed E-state index contributed by atoms with van der Waals surface area (Å²) in [6, 6.07) is 6.26. The van der Waals surface area contributed by atoms with Crippen LogP contribution in [0.1, 0.15) is 19.4 Å². The Morgan fingerprint density at radius 1 is 1.29 bits per heavy atom. The summed E-state index contributed by atoms with van der Waals surface area (Å²) in [4.78, 5) is 12.0. The Kier molecular flexibility index (Phi) is 3.94. The van der Waals surface area contributed by atoms with E-state index in [9.17, 15) is 13.2 Å². The highest BCUT2D eigenvalue weighted by molar-refractivity contribution is 7.89. The molecule has 1 saturated heterocycles. The molecule has 0 bridgehead atoms. The molecule has 6 heteroatoms. The molecule has 21 heavy (non-hydrogen) atoms. The minimum Gasteiger partial charge on any atom is -0.438 e. The number of cyclic esters (lactones) is 1. The van der Waals surface area contributed by atoms with E-state index in [4.69, 9.17) is 4.74 Å². The normalized spacial score (nSPS) is 18.9. The molecule has 1 fully saturated rings. The molecule has 0 radical (unpaired) electrons. The maximum Gasteiger partial charge on any atom is 0.429 e. The van der Waals surface area contributed by atoms with E-state index >= 15 is 0 Å². The van der Waals surface area contributed by atoms with Crippen LogP contribution in [0.5, 0.6) is 0 Å². The van der Waals surface area contributed by atoms with E-state index in [1.165, 1.54) is 12.1 Å². The lowest BCUT2D eigenvalue weighted by molar-refractivity contribution is 0.119.